The number of H-pyrrole nitrogens is 1. The van der Waals surface area contributed by atoms with Crippen LogP contribution in [-0.2, 0) is 6.42 Å². The van der Waals surface area contributed by atoms with Crippen LogP contribution in [0.2, 0.25) is 10.0 Å². The monoisotopic (exact) mass is 330 g/mol. The molecule has 22 heavy (non-hydrogen) atoms. The van der Waals surface area contributed by atoms with Gasteiger partial charge in [-0.25, -0.2) is 0 Å². The van der Waals surface area contributed by atoms with Crippen molar-refractivity contribution in [3.8, 4) is 0 Å². The molecule has 2 nitrogen and oxygen atoms in total. The highest BCUT2D eigenvalue weighted by Crippen LogP contribution is 2.37. The van der Waals surface area contributed by atoms with Crippen LogP contribution >= 0.6 is 23.2 Å². The van der Waals surface area contributed by atoms with E-state index < -0.39 is 0 Å². The molecule has 0 aliphatic heterocycles. The van der Waals surface area contributed by atoms with Crippen molar-refractivity contribution in [1.29, 1.82) is 0 Å². The highest BCUT2D eigenvalue weighted by molar-refractivity contribution is 6.31. The molecule has 0 saturated carbocycles. The van der Waals surface area contributed by atoms with Crippen LogP contribution in [0.3, 0.4) is 0 Å². The van der Waals surface area contributed by atoms with Gasteiger partial charge in [0.05, 0.1) is 6.04 Å². The molecule has 0 amide bonds. The number of fused-ring (bicyclic) bond motifs is 3. The summed E-state index contributed by atoms with van der Waals surface area (Å²) in [5, 5.41) is 6.42. The standard InChI is InChI=1S/C18H16Cl2N2/c19-11-4-7-13(8-5-11)21-17-3-1-2-14-15-10-12(20)6-9-16(15)22-18(14)17/h4-10,17,21-22H,1-3H2/t17-/m1/s1. The quantitative estimate of drug-likeness (QED) is 0.595. The highest BCUT2D eigenvalue weighted by Gasteiger charge is 2.24. The number of benzene rings is 2. The second kappa shape index (κ2) is 5.53. The van der Waals surface area contributed by atoms with E-state index in [0.29, 0.717) is 6.04 Å². The van der Waals surface area contributed by atoms with Gasteiger partial charge in [0.2, 0.25) is 0 Å². The number of aryl methyl sites for hydroxylation is 1. The Bertz CT molecular complexity index is 821. The third-order valence-corrected chi connectivity index (χ3v) is 4.84. The van der Waals surface area contributed by atoms with Crippen molar-refractivity contribution in [1.82, 2.24) is 4.98 Å². The third kappa shape index (κ3) is 2.47. The average molecular weight is 331 g/mol. The van der Waals surface area contributed by atoms with E-state index in [1.165, 1.54) is 28.6 Å². The Morgan fingerprint density at radius 3 is 2.59 bits per heavy atom. The largest absolute Gasteiger partial charge is 0.377 e. The van der Waals surface area contributed by atoms with Crippen molar-refractivity contribution in [3.05, 3.63) is 63.8 Å². The number of halogens is 2. The maximum absolute atomic E-state index is 6.16. The summed E-state index contributed by atoms with van der Waals surface area (Å²) in [5.74, 6) is 0. The maximum atomic E-state index is 6.16. The van der Waals surface area contributed by atoms with Gasteiger partial charge in [0.25, 0.3) is 0 Å². The minimum atomic E-state index is 0.302. The number of aromatic nitrogens is 1. The molecular weight excluding hydrogens is 315 g/mol. The Labute approximate surface area is 139 Å². The van der Waals surface area contributed by atoms with Crippen LogP contribution in [0.1, 0.15) is 30.1 Å². The molecule has 4 rings (SSSR count). The van der Waals surface area contributed by atoms with E-state index in [1.807, 2.05) is 30.3 Å². The molecule has 1 aliphatic carbocycles. The van der Waals surface area contributed by atoms with Gasteiger partial charge in [0, 0.05) is 32.3 Å². The molecule has 2 aromatic carbocycles. The smallest absolute Gasteiger partial charge is 0.0666 e. The Kier molecular flexibility index (Phi) is 3.51. The summed E-state index contributed by atoms with van der Waals surface area (Å²) in [5.41, 5.74) is 4.95. The number of aromatic amines is 1. The Morgan fingerprint density at radius 1 is 1.00 bits per heavy atom. The molecule has 0 unspecified atom stereocenters. The fraction of sp³-hybridized carbons (Fsp3) is 0.222. The van der Waals surface area contributed by atoms with Gasteiger partial charge >= 0.3 is 0 Å². The van der Waals surface area contributed by atoms with Crippen LogP contribution in [0.15, 0.2) is 42.5 Å². The summed E-state index contributed by atoms with van der Waals surface area (Å²) < 4.78 is 0. The van der Waals surface area contributed by atoms with Crippen LogP contribution in [0, 0.1) is 0 Å². The molecule has 1 aliphatic rings. The molecule has 1 heterocycles. The van der Waals surface area contributed by atoms with E-state index in [9.17, 15) is 0 Å². The van der Waals surface area contributed by atoms with Crippen molar-refractivity contribution in [2.45, 2.75) is 25.3 Å². The summed E-state index contributed by atoms with van der Waals surface area (Å²) >= 11 is 12.1. The van der Waals surface area contributed by atoms with Gasteiger partial charge in [0.1, 0.15) is 0 Å². The zero-order valence-corrected chi connectivity index (χ0v) is 13.5. The van der Waals surface area contributed by atoms with Gasteiger partial charge in [-0.1, -0.05) is 23.2 Å². The van der Waals surface area contributed by atoms with Crippen LogP contribution in [-0.4, -0.2) is 4.98 Å². The first kappa shape index (κ1) is 14.0. The molecule has 2 N–H and O–H groups in total. The fourth-order valence-corrected chi connectivity index (χ4v) is 3.62. The lowest BCUT2D eigenvalue weighted by Crippen LogP contribution is -2.17. The van der Waals surface area contributed by atoms with Crippen LogP contribution in [0.25, 0.3) is 10.9 Å². The summed E-state index contributed by atoms with van der Waals surface area (Å²) in [6.45, 7) is 0. The van der Waals surface area contributed by atoms with E-state index >= 15 is 0 Å². The van der Waals surface area contributed by atoms with E-state index in [4.69, 9.17) is 23.2 Å². The molecule has 0 radical (unpaired) electrons. The van der Waals surface area contributed by atoms with Gasteiger partial charge in [-0.2, -0.15) is 0 Å². The molecule has 0 bridgehead atoms. The third-order valence-electron chi connectivity index (χ3n) is 4.35. The molecule has 1 aromatic heterocycles. The van der Waals surface area contributed by atoms with Crippen LogP contribution < -0.4 is 5.32 Å². The second-order valence-corrected chi connectivity index (χ2v) is 6.68. The molecule has 0 spiro atoms. The number of hydrogen-bond acceptors (Lipinski definition) is 1. The van der Waals surface area contributed by atoms with Crippen molar-refractivity contribution >= 4 is 39.8 Å². The van der Waals surface area contributed by atoms with Gasteiger partial charge in [-0.15, -0.1) is 0 Å². The van der Waals surface area contributed by atoms with E-state index in [2.05, 4.69) is 22.4 Å². The molecule has 112 valence electrons. The van der Waals surface area contributed by atoms with E-state index in [1.54, 1.807) is 0 Å². The lowest BCUT2D eigenvalue weighted by Gasteiger charge is -2.24. The van der Waals surface area contributed by atoms with Crippen molar-refractivity contribution in [2.24, 2.45) is 0 Å². The van der Waals surface area contributed by atoms with Gasteiger partial charge < -0.3 is 10.3 Å². The highest BCUT2D eigenvalue weighted by atomic mass is 35.5. The molecule has 3 aromatic rings. The first-order chi connectivity index (χ1) is 10.7. The van der Waals surface area contributed by atoms with E-state index in [-0.39, 0.29) is 0 Å². The number of nitrogens with one attached hydrogen (secondary N) is 2. The number of anilines is 1. The molecule has 0 saturated heterocycles. The summed E-state index contributed by atoms with van der Waals surface area (Å²) in [4.78, 5) is 3.58. The van der Waals surface area contributed by atoms with Crippen LogP contribution in [0.4, 0.5) is 5.69 Å². The Hall–Kier alpha value is -1.64. The van der Waals surface area contributed by atoms with Gasteiger partial charge in [-0.3, -0.25) is 0 Å². The van der Waals surface area contributed by atoms with Crippen molar-refractivity contribution < 1.29 is 0 Å². The summed E-state index contributed by atoms with van der Waals surface area (Å²) in [6, 6.07) is 14.2. The van der Waals surface area contributed by atoms with Crippen molar-refractivity contribution in [3.63, 3.8) is 0 Å². The molecule has 4 heteroatoms. The van der Waals surface area contributed by atoms with Crippen molar-refractivity contribution in [2.75, 3.05) is 5.32 Å². The van der Waals surface area contributed by atoms with Gasteiger partial charge in [-0.05, 0) is 67.3 Å². The Balaban J connectivity index is 1.72. The fourth-order valence-electron chi connectivity index (χ4n) is 3.33. The second-order valence-electron chi connectivity index (χ2n) is 5.80. The lowest BCUT2D eigenvalue weighted by atomic mass is 9.91. The SMILES string of the molecule is Clc1ccc(N[C@@H]2CCCc3c2[nH]c2ccc(Cl)cc32)cc1. The first-order valence-corrected chi connectivity index (χ1v) is 8.28. The minimum absolute atomic E-state index is 0.302. The van der Waals surface area contributed by atoms with Crippen LogP contribution in [0.5, 0.6) is 0 Å². The number of rotatable bonds is 2. The minimum Gasteiger partial charge on any atom is -0.377 e. The van der Waals surface area contributed by atoms with E-state index in [0.717, 1.165) is 28.6 Å². The molecule has 0 fully saturated rings. The zero-order chi connectivity index (χ0) is 15.1. The lowest BCUT2D eigenvalue weighted by molar-refractivity contribution is 0.593. The zero-order valence-electron chi connectivity index (χ0n) is 12.0. The van der Waals surface area contributed by atoms with Gasteiger partial charge in [0.15, 0.2) is 0 Å². The predicted molar refractivity (Wildman–Crippen MR) is 94.1 cm³/mol. The first-order valence-electron chi connectivity index (χ1n) is 7.53. The summed E-state index contributed by atoms with van der Waals surface area (Å²) in [7, 11) is 0. The Morgan fingerprint density at radius 2 is 1.77 bits per heavy atom. The average Bonchev–Trinajstić information content (AvgIpc) is 2.89. The normalized spacial score (nSPS) is 17.5. The topological polar surface area (TPSA) is 27.8 Å². The maximum Gasteiger partial charge on any atom is 0.0666 e. The molecule has 1 atom stereocenters. The predicted octanol–water partition coefficient (Wildman–Crippen LogP) is 5.96. The number of hydrogen-bond donors (Lipinski definition) is 2. The molecular formula is C18H16Cl2N2. The summed E-state index contributed by atoms with van der Waals surface area (Å²) in [6.07, 6.45) is 3.41.